The van der Waals surface area contributed by atoms with Gasteiger partial charge in [0.15, 0.2) is 6.54 Å². The number of rotatable bonds is 7. The van der Waals surface area contributed by atoms with Crippen molar-refractivity contribution in [2.45, 2.75) is 19.0 Å². The molecule has 0 spiro atoms. The fourth-order valence-electron chi connectivity index (χ4n) is 3.80. The lowest BCUT2D eigenvalue weighted by molar-refractivity contribution is -0.885. The van der Waals surface area contributed by atoms with E-state index in [-0.39, 0.29) is 24.3 Å². The Morgan fingerprint density at radius 1 is 1.23 bits per heavy atom. The number of amides is 1. The smallest absolute Gasteiger partial charge is 0.298 e. The van der Waals surface area contributed by atoms with Crippen LogP contribution in [0.2, 0.25) is 0 Å². The van der Waals surface area contributed by atoms with E-state index in [2.05, 4.69) is 5.10 Å². The van der Waals surface area contributed by atoms with Crippen LogP contribution in [0.4, 0.5) is 4.39 Å². The summed E-state index contributed by atoms with van der Waals surface area (Å²) in [4.78, 5) is 14.1. The molecule has 1 unspecified atom stereocenters. The van der Waals surface area contributed by atoms with E-state index in [0.29, 0.717) is 18.7 Å². The van der Waals surface area contributed by atoms with Crippen LogP contribution in [0, 0.1) is 5.82 Å². The van der Waals surface area contributed by atoms with Gasteiger partial charge < -0.3 is 14.1 Å². The quantitative estimate of drug-likeness (QED) is 0.637. The Kier molecular flexibility index (Phi) is 6.13. The van der Waals surface area contributed by atoms with Gasteiger partial charge in [0, 0.05) is 12.0 Å². The summed E-state index contributed by atoms with van der Waals surface area (Å²) in [5.74, 6) is 1.07. The fourth-order valence-corrected chi connectivity index (χ4v) is 3.80. The SMILES string of the molecule is COc1ccc(C2=NN(C(=O)C[NH+](C)Cc3cccc(F)c3)[C@H](c3ccco3)C2)cc1. The van der Waals surface area contributed by atoms with E-state index < -0.39 is 0 Å². The van der Waals surface area contributed by atoms with Crippen LogP contribution in [0.3, 0.4) is 0 Å². The highest BCUT2D eigenvalue weighted by Crippen LogP contribution is 2.33. The van der Waals surface area contributed by atoms with E-state index in [0.717, 1.165) is 27.5 Å². The Balaban J connectivity index is 1.51. The molecule has 4 rings (SSSR count). The van der Waals surface area contributed by atoms with E-state index in [1.54, 1.807) is 19.4 Å². The zero-order valence-corrected chi connectivity index (χ0v) is 17.5. The van der Waals surface area contributed by atoms with Gasteiger partial charge in [-0.1, -0.05) is 12.1 Å². The first kappa shape index (κ1) is 20.8. The van der Waals surface area contributed by atoms with E-state index in [4.69, 9.17) is 9.15 Å². The van der Waals surface area contributed by atoms with Crippen LogP contribution < -0.4 is 9.64 Å². The second-order valence-electron chi connectivity index (χ2n) is 7.69. The average molecular weight is 422 g/mol. The second kappa shape index (κ2) is 9.14. The molecule has 0 saturated carbocycles. The minimum Gasteiger partial charge on any atom is -0.497 e. The number of halogens is 1. The third-order valence-corrected chi connectivity index (χ3v) is 5.31. The predicted molar refractivity (Wildman–Crippen MR) is 114 cm³/mol. The highest BCUT2D eigenvalue weighted by atomic mass is 19.1. The molecule has 2 aromatic carbocycles. The molecular formula is C24H25FN3O3+. The molecule has 1 amide bonds. The number of hydrazone groups is 1. The summed E-state index contributed by atoms with van der Waals surface area (Å²) in [6.45, 7) is 0.769. The number of carbonyl (C=O) groups excluding carboxylic acids is 1. The van der Waals surface area contributed by atoms with Crippen molar-refractivity contribution in [3.63, 3.8) is 0 Å². The Bertz CT molecular complexity index is 1060. The Hall–Kier alpha value is -3.45. The largest absolute Gasteiger partial charge is 0.497 e. The number of hydrogen-bond donors (Lipinski definition) is 1. The normalized spacial score (nSPS) is 16.8. The molecule has 1 aliphatic heterocycles. The van der Waals surface area contributed by atoms with Crippen LogP contribution in [0.25, 0.3) is 0 Å². The third kappa shape index (κ3) is 4.83. The maximum Gasteiger partial charge on any atom is 0.298 e. The van der Waals surface area contributed by atoms with Gasteiger partial charge in [0.25, 0.3) is 5.91 Å². The number of nitrogens with zero attached hydrogens (tertiary/aromatic N) is 2. The van der Waals surface area contributed by atoms with Gasteiger partial charge in [0.2, 0.25) is 0 Å². The van der Waals surface area contributed by atoms with E-state index in [1.807, 2.05) is 49.5 Å². The van der Waals surface area contributed by atoms with Crippen molar-refractivity contribution < 1.29 is 23.2 Å². The summed E-state index contributed by atoms with van der Waals surface area (Å²) >= 11 is 0. The third-order valence-electron chi connectivity index (χ3n) is 5.31. The first-order chi connectivity index (χ1) is 15.0. The molecule has 160 valence electrons. The lowest BCUT2D eigenvalue weighted by Crippen LogP contribution is -3.08. The summed E-state index contributed by atoms with van der Waals surface area (Å²) in [6.07, 6.45) is 2.17. The number of carbonyl (C=O) groups is 1. The van der Waals surface area contributed by atoms with Crippen molar-refractivity contribution in [3.8, 4) is 5.75 Å². The highest BCUT2D eigenvalue weighted by molar-refractivity contribution is 6.03. The van der Waals surface area contributed by atoms with Crippen LogP contribution >= 0.6 is 0 Å². The maximum absolute atomic E-state index is 13.5. The van der Waals surface area contributed by atoms with E-state index in [9.17, 15) is 9.18 Å². The molecule has 0 bridgehead atoms. The first-order valence-electron chi connectivity index (χ1n) is 10.2. The Morgan fingerprint density at radius 3 is 2.71 bits per heavy atom. The van der Waals surface area contributed by atoms with Crippen molar-refractivity contribution in [2.24, 2.45) is 5.10 Å². The minimum absolute atomic E-state index is 0.112. The molecule has 1 aromatic heterocycles. The van der Waals surface area contributed by atoms with Crippen LogP contribution in [0.5, 0.6) is 5.75 Å². The zero-order valence-electron chi connectivity index (χ0n) is 17.5. The van der Waals surface area contributed by atoms with E-state index >= 15 is 0 Å². The van der Waals surface area contributed by atoms with Crippen molar-refractivity contribution in [2.75, 3.05) is 20.7 Å². The van der Waals surface area contributed by atoms with Gasteiger partial charge in [-0.05, 0) is 54.1 Å². The summed E-state index contributed by atoms with van der Waals surface area (Å²) in [6, 6.07) is 17.5. The number of furan rings is 1. The van der Waals surface area contributed by atoms with Crippen molar-refractivity contribution >= 4 is 11.6 Å². The van der Waals surface area contributed by atoms with Crippen LogP contribution in [0.15, 0.2) is 76.4 Å². The molecule has 0 saturated heterocycles. The monoisotopic (exact) mass is 422 g/mol. The molecule has 6 nitrogen and oxygen atoms in total. The predicted octanol–water partition coefficient (Wildman–Crippen LogP) is 2.82. The number of hydrogen-bond acceptors (Lipinski definition) is 4. The first-order valence-corrected chi connectivity index (χ1v) is 10.2. The van der Waals surface area contributed by atoms with Crippen molar-refractivity contribution in [1.82, 2.24) is 5.01 Å². The molecule has 1 N–H and O–H groups in total. The molecule has 2 heterocycles. The molecule has 3 aromatic rings. The van der Waals surface area contributed by atoms with Crippen LogP contribution in [-0.4, -0.2) is 37.3 Å². The molecule has 0 radical (unpaired) electrons. The van der Waals surface area contributed by atoms with Gasteiger partial charge in [0.1, 0.15) is 29.9 Å². The van der Waals surface area contributed by atoms with Gasteiger partial charge in [-0.2, -0.15) is 5.10 Å². The Morgan fingerprint density at radius 2 is 2.03 bits per heavy atom. The number of nitrogens with one attached hydrogen (secondary N) is 1. The van der Waals surface area contributed by atoms with E-state index in [1.165, 1.54) is 17.1 Å². The van der Waals surface area contributed by atoms with Crippen LogP contribution in [0.1, 0.15) is 29.3 Å². The summed E-state index contributed by atoms with van der Waals surface area (Å²) in [7, 11) is 3.53. The summed E-state index contributed by atoms with van der Waals surface area (Å²) < 4.78 is 24.3. The summed E-state index contributed by atoms with van der Waals surface area (Å²) in [5, 5.41) is 6.17. The van der Waals surface area contributed by atoms with Gasteiger partial charge in [-0.15, -0.1) is 0 Å². The zero-order chi connectivity index (χ0) is 21.8. The standard InChI is InChI=1S/C24H24FN3O3/c1-27(15-17-5-3-6-19(25)13-17)16-24(29)28-22(23-7-4-12-31-23)14-21(26-28)18-8-10-20(30-2)11-9-18/h3-13,22H,14-16H2,1-2H3/p+1/t22-/m0/s1. The number of methoxy groups -OCH3 is 1. The topological polar surface area (TPSA) is 59.5 Å². The van der Waals surface area contributed by atoms with Crippen LogP contribution in [-0.2, 0) is 11.3 Å². The number of quaternary nitrogens is 1. The summed E-state index contributed by atoms with van der Waals surface area (Å²) in [5.41, 5.74) is 2.60. The number of likely N-dealkylation sites (N-methyl/N-ethyl adjacent to an activating group) is 1. The molecule has 2 atom stereocenters. The Labute approximate surface area is 180 Å². The lowest BCUT2D eigenvalue weighted by Gasteiger charge is -2.21. The minimum atomic E-state index is -0.290. The fraction of sp³-hybridized carbons (Fsp3) is 0.250. The van der Waals surface area contributed by atoms with Crippen molar-refractivity contribution in [1.29, 1.82) is 0 Å². The van der Waals surface area contributed by atoms with Gasteiger partial charge in [-0.25, -0.2) is 9.40 Å². The van der Waals surface area contributed by atoms with Crippen molar-refractivity contribution in [3.05, 3.63) is 89.6 Å². The second-order valence-corrected chi connectivity index (χ2v) is 7.69. The van der Waals surface area contributed by atoms with Gasteiger partial charge in [0.05, 0.1) is 26.1 Å². The van der Waals surface area contributed by atoms with Gasteiger partial charge >= 0.3 is 0 Å². The van der Waals surface area contributed by atoms with Gasteiger partial charge in [-0.3, -0.25) is 4.79 Å². The molecule has 0 fully saturated rings. The lowest BCUT2D eigenvalue weighted by atomic mass is 10.0. The maximum atomic E-state index is 13.5. The molecule has 0 aliphatic carbocycles. The molecule has 31 heavy (non-hydrogen) atoms. The average Bonchev–Trinajstić information content (AvgIpc) is 3.43. The number of ether oxygens (including phenoxy) is 1. The highest BCUT2D eigenvalue weighted by Gasteiger charge is 2.36. The molecule has 7 heteroatoms. The molecular weight excluding hydrogens is 397 g/mol. The molecule has 1 aliphatic rings. The number of benzene rings is 2.